The molecular formula is C15H26N2O2. The van der Waals surface area contributed by atoms with Gasteiger partial charge in [-0.2, -0.15) is 0 Å². The molecule has 2 saturated heterocycles. The van der Waals surface area contributed by atoms with Crippen LogP contribution in [0.15, 0.2) is 12.7 Å². The Hall–Kier alpha value is -0.870. The summed E-state index contributed by atoms with van der Waals surface area (Å²) in [4.78, 5) is 14.2. The summed E-state index contributed by atoms with van der Waals surface area (Å²) in [6, 6.07) is 1.59. The lowest BCUT2D eigenvalue weighted by atomic mass is 9.98. The molecule has 0 aliphatic carbocycles. The van der Waals surface area contributed by atoms with Gasteiger partial charge in [0.25, 0.3) is 5.91 Å². The first-order valence-corrected chi connectivity index (χ1v) is 7.37. The molecule has 0 spiro atoms. The molecule has 1 N–H and O–H groups in total. The van der Waals surface area contributed by atoms with Crippen LogP contribution in [0, 0.1) is 0 Å². The fourth-order valence-corrected chi connectivity index (χ4v) is 3.21. The number of ether oxygens (including phenoxy) is 1. The normalized spacial score (nSPS) is 30.9. The van der Waals surface area contributed by atoms with Gasteiger partial charge in [-0.05, 0) is 39.0 Å². The van der Waals surface area contributed by atoms with E-state index in [1.54, 1.807) is 0 Å². The highest BCUT2D eigenvalue weighted by atomic mass is 16.5. The molecule has 3 atom stereocenters. The average molecular weight is 266 g/mol. The molecule has 2 fully saturated rings. The quantitative estimate of drug-likeness (QED) is 0.588. The van der Waals surface area contributed by atoms with Crippen molar-refractivity contribution in [3.05, 3.63) is 12.7 Å². The molecule has 0 saturated carbocycles. The third-order valence-corrected chi connectivity index (χ3v) is 4.38. The minimum absolute atomic E-state index is 0.107. The van der Waals surface area contributed by atoms with Gasteiger partial charge in [0.2, 0.25) is 0 Å². The Bertz CT molecular complexity index is 320. The van der Waals surface area contributed by atoms with Crippen molar-refractivity contribution in [3.8, 4) is 0 Å². The molecule has 0 aromatic carbocycles. The van der Waals surface area contributed by atoms with Gasteiger partial charge >= 0.3 is 0 Å². The Morgan fingerprint density at radius 1 is 1.47 bits per heavy atom. The molecule has 2 rings (SSSR count). The third kappa shape index (κ3) is 3.57. The molecule has 2 aliphatic rings. The van der Waals surface area contributed by atoms with Gasteiger partial charge in [0.1, 0.15) is 6.10 Å². The van der Waals surface area contributed by atoms with Crippen LogP contribution >= 0.6 is 0 Å². The predicted molar refractivity (Wildman–Crippen MR) is 76.0 cm³/mol. The van der Waals surface area contributed by atoms with Gasteiger partial charge in [-0.25, -0.2) is 0 Å². The highest BCUT2D eigenvalue weighted by Crippen LogP contribution is 2.29. The van der Waals surface area contributed by atoms with Crippen molar-refractivity contribution in [2.45, 2.75) is 63.3 Å². The zero-order valence-electron chi connectivity index (χ0n) is 12.1. The van der Waals surface area contributed by atoms with E-state index in [0.29, 0.717) is 24.7 Å². The second kappa shape index (κ2) is 6.53. The first kappa shape index (κ1) is 14.5. The van der Waals surface area contributed by atoms with Gasteiger partial charge in [0.15, 0.2) is 0 Å². The summed E-state index contributed by atoms with van der Waals surface area (Å²) in [5, 5.41) is 3.60. The van der Waals surface area contributed by atoms with Gasteiger partial charge in [0, 0.05) is 25.2 Å². The van der Waals surface area contributed by atoms with Crippen LogP contribution < -0.4 is 5.32 Å². The maximum atomic E-state index is 12.3. The topological polar surface area (TPSA) is 41.6 Å². The predicted octanol–water partition coefficient (Wildman–Crippen LogP) is 1.71. The number of rotatable bonds is 6. The summed E-state index contributed by atoms with van der Waals surface area (Å²) >= 11 is 0. The van der Waals surface area contributed by atoms with Crippen molar-refractivity contribution in [1.82, 2.24) is 10.2 Å². The van der Waals surface area contributed by atoms with E-state index in [1.807, 2.05) is 24.9 Å². The molecule has 2 bridgehead atoms. The van der Waals surface area contributed by atoms with Gasteiger partial charge in [-0.3, -0.25) is 4.79 Å². The Labute approximate surface area is 116 Å². The van der Waals surface area contributed by atoms with Crippen molar-refractivity contribution in [1.29, 1.82) is 0 Å². The number of amides is 1. The maximum Gasteiger partial charge on any atom is 0.251 e. The van der Waals surface area contributed by atoms with Gasteiger partial charge < -0.3 is 15.0 Å². The Morgan fingerprint density at radius 2 is 2.11 bits per heavy atom. The third-order valence-electron chi connectivity index (χ3n) is 4.38. The lowest BCUT2D eigenvalue weighted by molar-refractivity contribution is -0.144. The molecule has 1 amide bonds. The van der Waals surface area contributed by atoms with Crippen molar-refractivity contribution in [2.24, 2.45) is 0 Å². The van der Waals surface area contributed by atoms with E-state index in [0.717, 1.165) is 19.3 Å². The monoisotopic (exact) mass is 266 g/mol. The number of piperidine rings is 1. The largest absolute Gasteiger partial charge is 0.368 e. The van der Waals surface area contributed by atoms with Gasteiger partial charge in [-0.1, -0.05) is 6.08 Å². The van der Waals surface area contributed by atoms with Crippen LogP contribution in [0.4, 0.5) is 0 Å². The molecule has 3 unspecified atom stereocenters. The summed E-state index contributed by atoms with van der Waals surface area (Å²) in [5.74, 6) is 0.107. The van der Waals surface area contributed by atoms with Crippen LogP contribution in [0.3, 0.4) is 0 Å². The standard InChI is InChI=1S/C15H26N2O2/c1-4-5-8-19-11(2)15(18)17(3)14-9-12-6-7-13(10-14)16-12/h4,11-14,16H,1,5-10H2,2-3H3. The summed E-state index contributed by atoms with van der Waals surface area (Å²) in [6.07, 6.45) is 6.93. The first-order valence-electron chi connectivity index (χ1n) is 7.37. The van der Waals surface area contributed by atoms with Crippen LogP contribution in [0.25, 0.3) is 0 Å². The first-order chi connectivity index (χ1) is 9.11. The Balaban J connectivity index is 1.82. The lowest BCUT2D eigenvalue weighted by Crippen LogP contribution is -2.50. The number of hydrogen-bond acceptors (Lipinski definition) is 3. The zero-order chi connectivity index (χ0) is 13.8. The van der Waals surface area contributed by atoms with Crippen LogP contribution in [-0.2, 0) is 9.53 Å². The molecule has 2 heterocycles. The molecule has 0 aromatic heterocycles. The number of carbonyl (C=O) groups is 1. The minimum Gasteiger partial charge on any atom is -0.368 e. The van der Waals surface area contributed by atoms with Crippen molar-refractivity contribution < 1.29 is 9.53 Å². The second-order valence-electron chi connectivity index (χ2n) is 5.80. The summed E-state index contributed by atoms with van der Waals surface area (Å²) in [6.45, 7) is 6.07. The van der Waals surface area contributed by atoms with Crippen molar-refractivity contribution in [3.63, 3.8) is 0 Å². The molecule has 4 heteroatoms. The number of fused-ring (bicyclic) bond motifs is 2. The van der Waals surface area contributed by atoms with E-state index in [4.69, 9.17) is 4.74 Å². The van der Waals surface area contributed by atoms with Crippen LogP contribution in [0.2, 0.25) is 0 Å². The number of nitrogens with zero attached hydrogens (tertiary/aromatic N) is 1. The Kier molecular flexibility index (Phi) is 4.99. The van der Waals surface area contributed by atoms with E-state index in [1.165, 1.54) is 12.8 Å². The van der Waals surface area contributed by atoms with E-state index in [2.05, 4.69) is 11.9 Å². The van der Waals surface area contributed by atoms with E-state index >= 15 is 0 Å². The highest BCUT2D eigenvalue weighted by molar-refractivity contribution is 5.80. The summed E-state index contributed by atoms with van der Waals surface area (Å²) < 4.78 is 5.55. The fourth-order valence-electron chi connectivity index (χ4n) is 3.21. The van der Waals surface area contributed by atoms with Crippen molar-refractivity contribution in [2.75, 3.05) is 13.7 Å². The van der Waals surface area contributed by atoms with Crippen LogP contribution in [0.1, 0.15) is 39.0 Å². The van der Waals surface area contributed by atoms with E-state index in [-0.39, 0.29) is 12.0 Å². The SMILES string of the molecule is C=CCCOC(C)C(=O)N(C)C1CC2CCC(C1)N2. The molecule has 108 valence electrons. The zero-order valence-corrected chi connectivity index (χ0v) is 12.1. The van der Waals surface area contributed by atoms with Gasteiger partial charge in [-0.15, -0.1) is 6.58 Å². The molecule has 0 aromatic rings. The average Bonchev–Trinajstić information content (AvgIpc) is 2.75. The van der Waals surface area contributed by atoms with E-state index in [9.17, 15) is 4.79 Å². The summed E-state index contributed by atoms with van der Waals surface area (Å²) in [5.41, 5.74) is 0. The smallest absolute Gasteiger partial charge is 0.251 e. The number of likely N-dealkylation sites (N-methyl/N-ethyl adjacent to an activating group) is 1. The summed E-state index contributed by atoms with van der Waals surface area (Å²) in [7, 11) is 1.92. The minimum atomic E-state index is -0.350. The fraction of sp³-hybridized carbons (Fsp3) is 0.800. The number of nitrogens with one attached hydrogen (secondary N) is 1. The number of hydrogen-bond donors (Lipinski definition) is 1. The molecule has 4 nitrogen and oxygen atoms in total. The highest BCUT2D eigenvalue weighted by Gasteiger charge is 2.37. The molecule has 19 heavy (non-hydrogen) atoms. The molecule has 2 aliphatic heterocycles. The van der Waals surface area contributed by atoms with E-state index < -0.39 is 0 Å². The van der Waals surface area contributed by atoms with Gasteiger partial charge in [0.05, 0.1) is 6.61 Å². The Morgan fingerprint density at radius 3 is 2.68 bits per heavy atom. The molecule has 0 radical (unpaired) electrons. The van der Waals surface area contributed by atoms with Crippen molar-refractivity contribution >= 4 is 5.91 Å². The van der Waals surface area contributed by atoms with Crippen LogP contribution in [0.5, 0.6) is 0 Å². The molecular weight excluding hydrogens is 240 g/mol. The number of carbonyl (C=O) groups excluding carboxylic acids is 1. The van der Waals surface area contributed by atoms with Crippen LogP contribution in [-0.4, -0.2) is 48.7 Å². The maximum absolute atomic E-state index is 12.3. The second-order valence-corrected chi connectivity index (χ2v) is 5.80. The lowest BCUT2D eigenvalue weighted by Gasteiger charge is -2.36.